The van der Waals surface area contributed by atoms with E-state index < -0.39 is 0 Å². The molecule has 0 saturated carbocycles. The Kier molecular flexibility index (Phi) is 5.43. The van der Waals surface area contributed by atoms with Crippen molar-refractivity contribution >= 4 is 16.9 Å². The van der Waals surface area contributed by atoms with E-state index in [0.717, 1.165) is 5.56 Å². The van der Waals surface area contributed by atoms with Crippen molar-refractivity contribution in [3.63, 3.8) is 0 Å². The van der Waals surface area contributed by atoms with Gasteiger partial charge < -0.3 is 4.74 Å². The molecule has 0 N–H and O–H groups in total. The summed E-state index contributed by atoms with van der Waals surface area (Å²) in [6.45, 7) is 4.61. The van der Waals surface area contributed by atoms with Crippen molar-refractivity contribution in [1.82, 2.24) is 0 Å². The van der Waals surface area contributed by atoms with Gasteiger partial charge in [-0.15, -0.1) is 0 Å². The summed E-state index contributed by atoms with van der Waals surface area (Å²) < 4.78 is 5.36. The maximum Gasteiger partial charge on any atom is 0.219 e. The predicted molar refractivity (Wildman–Crippen MR) is 64.3 cm³/mol. The van der Waals surface area contributed by atoms with E-state index in [1.54, 1.807) is 0 Å². The first kappa shape index (κ1) is 12.3. The summed E-state index contributed by atoms with van der Waals surface area (Å²) >= 11 is 1.31. The van der Waals surface area contributed by atoms with Gasteiger partial charge in [-0.3, -0.25) is 4.79 Å². The summed E-state index contributed by atoms with van der Waals surface area (Å²) in [6, 6.07) is 9.32. The Hall–Kier alpha value is -0.800. The monoisotopic (exact) mass is 224 g/mol. The summed E-state index contributed by atoms with van der Waals surface area (Å²) in [5, 5.41) is 0.114. The van der Waals surface area contributed by atoms with Gasteiger partial charge in [-0.25, -0.2) is 0 Å². The minimum atomic E-state index is 0.114. The van der Waals surface area contributed by atoms with Crippen molar-refractivity contribution < 1.29 is 9.53 Å². The van der Waals surface area contributed by atoms with Gasteiger partial charge in [0.15, 0.2) is 0 Å². The largest absolute Gasteiger partial charge is 0.378 e. The lowest BCUT2D eigenvalue weighted by molar-refractivity contribution is 0.0915. The summed E-state index contributed by atoms with van der Waals surface area (Å²) in [5.41, 5.74) is 0.757. The number of rotatable bonds is 5. The second-order valence-electron chi connectivity index (χ2n) is 3.42. The van der Waals surface area contributed by atoms with Crippen LogP contribution in [0.5, 0.6) is 0 Å². The van der Waals surface area contributed by atoms with E-state index in [2.05, 4.69) is 0 Å². The van der Waals surface area contributed by atoms with Gasteiger partial charge in [0, 0.05) is 11.3 Å². The van der Waals surface area contributed by atoms with Crippen LogP contribution in [0.3, 0.4) is 0 Å². The summed E-state index contributed by atoms with van der Waals surface area (Å²) in [4.78, 5) is 11.6. The topological polar surface area (TPSA) is 26.3 Å². The molecule has 1 aromatic carbocycles. The van der Waals surface area contributed by atoms with Crippen molar-refractivity contribution in [1.29, 1.82) is 0 Å². The van der Waals surface area contributed by atoms with Crippen LogP contribution in [0.15, 0.2) is 30.3 Å². The quantitative estimate of drug-likeness (QED) is 0.719. The van der Waals surface area contributed by atoms with E-state index in [4.69, 9.17) is 4.74 Å². The fourth-order valence-electron chi connectivity index (χ4n) is 1.08. The van der Waals surface area contributed by atoms with Gasteiger partial charge >= 0.3 is 0 Å². The molecule has 1 aromatic rings. The molecular weight excluding hydrogens is 208 g/mol. The highest BCUT2D eigenvalue weighted by Crippen LogP contribution is 2.11. The minimum Gasteiger partial charge on any atom is -0.378 e. The molecule has 0 fully saturated rings. The smallest absolute Gasteiger partial charge is 0.219 e. The Labute approximate surface area is 95.0 Å². The van der Waals surface area contributed by atoms with Crippen LogP contribution in [-0.2, 0) is 4.74 Å². The fourth-order valence-corrected chi connectivity index (χ4v) is 1.74. The zero-order chi connectivity index (χ0) is 11.1. The normalized spacial score (nSPS) is 10.6. The first-order valence-electron chi connectivity index (χ1n) is 5.04. The Morgan fingerprint density at radius 3 is 2.60 bits per heavy atom. The van der Waals surface area contributed by atoms with Gasteiger partial charge in [0.05, 0.1) is 12.7 Å². The van der Waals surface area contributed by atoms with E-state index in [1.165, 1.54) is 11.8 Å². The maximum absolute atomic E-state index is 11.6. The van der Waals surface area contributed by atoms with E-state index in [0.29, 0.717) is 12.4 Å². The van der Waals surface area contributed by atoms with Crippen LogP contribution in [-0.4, -0.2) is 23.6 Å². The van der Waals surface area contributed by atoms with Crippen LogP contribution in [0, 0.1) is 0 Å². The third kappa shape index (κ3) is 5.00. The fraction of sp³-hybridized carbons (Fsp3) is 0.417. The molecule has 0 aliphatic rings. The molecule has 82 valence electrons. The van der Waals surface area contributed by atoms with Gasteiger partial charge in [-0.1, -0.05) is 42.1 Å². The molecule has 0 bridgehead atoms. The highest BCUT2D eigenvalue weighted by molar-refractivity contribution is 8.14. The molecule has 0 unspecified atom stereocenters. The van der Waals surface area contributed by atoms with Crippen LogP contribution in [0.4, 0.5) is 0 Å². The Bertz CT molecular complexity index is 296. The molecule has 0 aliphatic heterocycles. The van der Waals surface area contributed by atoms with Crippen molar-refractivity contribution in [2.24, 2.45) is 0 Å². The average Bonchev–Trinajstić information content (AvgIpc) is 2.25. The molecule has 0 atom stereocenters. The van der Waals surface area contributed by atoms with Crippen molar-refractivity contribution in [3.8, 4) is 0 Å². The van der Waals surface area contributed by atoms with Crippen LogP contribution in [0.25, 0.3) is 0 Å². The Morgan fingerprint density at radius 1 is 1.33 bits per heavy atom. The molecule has 0 amide bonds. The minimum absolute atomic E-state index is 0.114. The molecule has 0 radical (unpaired) electrons. The van der Waals surface area contributed by atoms with Gasteiger partial charge in [0.1, 0.15) is 0 Å². The van der Waals surface area contributed by atoms with Gasteiger partial charge in [-0.05, 0) is 13.8 Å². The van der Waals surface area contributed by atoms with E-state index >= 15 is 0 Å². The SMILES string of the molecule is CC(C)OCCSC(=O)c1ccccc1. The molecule has 0 heterocycles. The summed E-state index contributed by atoms with van der Waals surface area (Å²) in [5.74, 6) is 0.714. The average molecular weight is 224 g/mol. The number of carbonyl (C=O) groups is 1. The van der Waals surface area contributed by atoms with Crippen LogP contribution in [0.2, 0.25) is 0 Å². The zero-order valence-corrected chi connectivity index (χ0v) is 9.92. The second kappa shape index (κ2) is 6.64. The Morgan fingerprint density at radius 2 is 2.00 bits per heavy atom. The van der Waals surface area contributed by atoms with E-state index in [-0.39, 0.29) is 11.2 Å². The van der Waals surface area contributed by atoms with Crippen LogP contribution in [0.1, 0.15) is 24.2 Å². The lowest BCUT2D eigenvalue weighted by atomic mass is 10.2. The molecule has 1 rings (SSSR count). The molecule has 0 aromatic heterocycles. The van der Waals surface area contributed by atoms with Gasteiger partial charge in [-0.2, -0.15) is 0 Å². The molecule has 0 saturated heterocycles. The first-order valence-corrected chi connectivity index (χ1v) is 6.02. The predicted octanol–water partition coefficient (Wildman–Crippen LogP) is 2.99. The van der Waals surface area contributed by atoms with Crippen molar-refractivity contribution in [2.75, 3.05) is 12.4 Å². The van der Waals surface area contributed by atoms with Gasteiger partial charge in [0.2, 0.25) is 5.12 Å². The highest BCUT2D eigenvalue weighted by Gasteiger charge is 2.05. The lowest BCUT2D eigenvalue weighted by Crippen LogP contribution is -2.07. The van der Waals surface area contributed by atoms with Crippen molar-refractivity contribution in [2.45, 2.75) is 20.0 Å². The zero-order valence-electron chi connectivity index (χ0n) is 9.10. The number of benzene rings is 1. The van der Waals surface area contributed by atoms with Crippen LogP contribution < -0.4 is 0 Å². The molecule has 0 spiro atoms. The number of ether oxygens (including phenoxy) is 1. The molecule has 3 heteroatoms. The Balaban J connectivity index is 2.25. The van der Waals surface area contributed by atoms with Crippen LogP contribution >= 0.6 is 11.8 Å². The van der Waals surface area contributed by atoms with E-state index in [9.17, 15) is 4.79 Å². The standard InChI is InChI=1S/C12H16O2S/c1-10(2)14-8-9-15-12(13)11-6-4-3-5-7-11/h3-7,10H,8-9H2,1-2H3. The number of hydrogen-bond donors (Lipinski definition) is 0. The number of carbonyl (C=O) groups excluding carboxylic acids is 1. The third-order valence-electron chi connectivity index (χ3n) is 1.78. The third-order valence-corrected chi connectivity index (χ3v) is 2.65. The van der Waals surface area contributed by atoms with E-state index in [1.807, 2.05) is 44.2 Å². The number of thioether (sulfide) groups is 1. The first-order chi connectivity index (χ1) is 7.20. The molecular formula is C12H16O2S. The summed E-state index contributed by atoms with van der Waals surface area (Å²) in [6.07, 6.45) is 0.234. The molecule has 2 nitrogen and oxygen atoms in total. The lowest BCUT2D eigenvalue weighted by Gasteiger charge is -2.06. The summed E-state index contributed by atoms with van der Waals surface area (Å²) in [7, 11) is 0. The second-order valence-corrected chi connectivity index (χ2v) is 4.49. The highest BCUT2D eigenvalue weighted by atomic mass is 32.2. The van der Waals surface area contributed by atoms with Gasteiger partial charge in [0.25, 0.3) is 0 Å². The van der Waals surface area contributed by atoms with Crippen molar-refractivity contribution in [3.05, 3.63) is 35.9 Å². The molecule has 0 aliphatic carbocycles. The number of hydrogen-bond acceptors (Lipinski definition) is 3. The maximum atomic E-state index is 11.6. The molecule has 15 heavy (non-hydrogen) atoms.